The Labute approximate surface area is 108 Å². The van der Waals surface area contributed by atoms with Crippen LogP contribution in [0.15, 0.2) is 41.3 Å². The summed E-state index contributed by atoms with van der Waals surface area (Å²) in [6.45, 7) is 1.67. The van der Waals surface area contributed by atoms with E-state index in [0.717, 1.165) is 16.7 Å². The van der Waals surface area contributed by atoms with Crippen molar-refractivity contribution in [1.29, 1.82) is 0 Å². The fraction of sp³-hybridized carbons (Fsp3) is 0.154. The largest absolute Gasteiger partial charge is 0.508 e. The molecule has 0 fully saturated rings. The zero-order chi connectivity index (χ0) is 14.0. The highest BCUT2D eigenvalue weighted by Gasteiger charge is 2.19. The Balaban J connectivity index is 2.62. The van der Waals surface area contributed by atoms with E-state index in [1.165, 1.54) is 0 Å². The van der Waals surface area contributed by atoms with E-state index in [2.05, 4.69) is 4.98 Å². The maximum Gasteiger partial charge on any atom is 0.352 e. The second-order valence-electron chi connectivity index (χ2n) is 4.04. The summed E-state index contributed by atoms with van der Waals surface area (Å²) in [6.07, 6.45) is 1.57. The molecule has 2 aromatic rings. The van der Waals surface area contributed by atoms with Crippen LogP contribution in [0.5, 0.6) is 5.75 Å². The Morgan fingerprint density at radius 1 is 1.37 bits per heavy atom. The maximum atomic E-state index is 11.9. The molecule has 2 rings (SSSR count). The number of aromatic hydroxyl groups is 1. The third-order valence-electron chi connectivity index (χ3n) is 2.78. The molecule has 19 heavy (non-hydrogen) atoms. The van der Waals surface area contributed by atoms with Crippen molar-refractivity contribution in [3.8, 4) is 5.75 Å². The molecule has 0 spiro atoms. The minimum atomic E-state index is -1.28. The minimum Gasteiger partial charge on any atom is -0.508 e. The SMILES string of the molecule is CC(c1ccccn1)n1c(C(=O)O)cc(O)cc1=O. The van der Waals surface area contributed by atoms with E-state index in [4.69, 9.17) is 5.11 Å². The average molecular weight is 260 g/mol. The van der Waals surface area contributed by atoms with Gasteiger partial charge in [0.2, 0.25) is 0 Å². The first-order valence-corrected chi connectivity index (χ1v) is 5.60. The smallest absolute Gasteiger partial charge is 0.352 e. The van der Waals surface area contributed by atoms with Crippen molar-refractivity contribution in [2.45, 2.75) is 13.0 Å². The Morgan fingerprint density at radius 2 is 2.11 bits per heavy atom. The average Bonchev–Trinajstić information content (AvgIpc) is 2.38. The molecule has 0 aliphatic carbocycles. The van der Waals surface area contributed by atoms with Gasteiger partial charge in [-0.3, -0.25) is 14.3 Å². The van der Waals surface area contributed by atoms with Crippen LogP contribution in [-0.4, -0.2) is 25.7 Å². The maximum absolute atomic E-state index is 11.9. The van der Waals surface area contributed by atoms with Crippen LogP contribution >= 0.6 is 0 Å². The zero-order valence-electron chi connectivity index (χ0n) is 10.1. The summed E-state index contributed by atoms with van der Waals surface area (Å²) in [5.41, 5.74) is -0.295. The molecule has 6 nitrogen and oxygen atoms in total. The molecule has 0 aromatic carbocycles. The van der Waals surface area contributed by atoms with E-state index in [0.29, 0.717) is 5.69 Å². The van der Waals surface area contributed by atoms with Crippen molar-refractivity contribution in [1.82, 2.24) is 9.55 Å². The molecule has 2 heterocycles. The zero-order valence-corrected chi connectivity index (χ0v) is 10.1. The second-order valence-corrected chi connectivity index (χ2v) is 4.04. The van der Waals surface area contributed by atoms with Gasteiger partial charge in [-0.15, -0.1) is 0 Å². The Bertz CT molecular complexity index is 664. The van der Waals surface area contributed by atoms with Gasteiger partial charge in [-0.05, 0) is 19.1 Å². The molecule has 0 bridgehead atoms. The molecule has 2 N–H and O–H groups in total. The Hall–Kier alpha value is -2.63. The van der Waals surface area contributed by atoms with Gasteiger partial charge in [-0.1, -0.05) is 6.07 Å². The molecule has 1 unspecified atom stereocenters. The summed E-state index contributed by atoms with van der Waals surface area (Å²) in [4.78, 5) is 27.2. The van der Waals surface area contributed by atoms with E-state index < -0.39 is 17.6 Å². The van der Waals surface area contributed by atoms with Gasteiger partial charge in [0.05, 0.1) is 11.7 Å². The van der Waals surface area contributed by atoms with Crippen molar-refractivity contribution in [3.05, 3.63) is 58.3 Å². The second kappa shape index (κ2) is 4.93. The van der Waals surface area contributed by atoms with Crippen LogP contribution in [0, 0.1) is 0 Å². The fourth-order valence-corrected chi connectivity index (χ4v) is 1.89. The first-order chi connectivity index (χ1) is 9.00. The molecule has 6 heteroatoms. The van der Waals surface area contributed by atoms with Crippen molar-refractivity contribution in [3.63, 3.8) is 0 Å². The lowest BCUT2D eigenvalue weighted by Gasteiger charge is -2.17. The van der Waals surface area contributed by atoms with Gasteiger partial charge in [-0.2, -0.15) is 0 Å². The number of aromatic carboxylic acids is 1. The monoisotopic (exact) mass is 260 g/mol. The topological polar surface area (TPSA) is 92.4 Å². The molecular formula is C13H12N2O4. The fourth-order valence-electron chi connectivity index (χ4n) is 1.89. The van der Waals surface area contributed by atoms with Gasteiger partial charge in [0.15, 0.2) is 0 Å². The van der Waals surface area contributed by atoms with Crippen molar-refractivity contribution in [2.24, 2.45) is 0 Å². The lowest BCUT2D eigenvalue weighted by molar-refractivity contribution is 0.0681. The molecule has 0 amide bonds. The van der Waals surface area contributed by atoms with Crippen LogP contribution in [-0.2, 0) is 0 Å². The number of carboxylic acids is 1. The number of hydrogen-bond acceptors (Lipinski definition) is 4. The van der Waals surface area contributed by atoms with Crippen LogP contribution in [0.25, 0.3) is 0 Å². The van der Waals surface area contributed by atoms with E-state index in [9.17, 15) is 14.7 Å². The summed E-state index contributed by atoms with van der Waals surface area (Å²) >= 11 is 0. The number of pyridine rings is 2. The van der Waals surface area contributed by atoms with E-state index >= 15 is 0 Å². The van der Waals surface area contributed by atoms with Crippen LogP contribution < -0.4 is 5.56 Å². The molecule has 98 valence electrons. The molecule has 0 radical (unpaired) electrons. The molecule has 0 saturated carbocycles. The molecule has 2 aromatic heterocycles. The highest BCUT2D eigenvalue weighted by Crippen LogP contribution is 2.18. The number of carbonyl (C=O) groups is 1. The van der Waals surface area contributed by atoms with Crippen LogP contribution in [0.4, 0.5) is 0 Å². The van der Waals surface area contributed by atoms with Crippen LogP contribution in [0.2, 0.25) is 0 Å². The van der Waals surface area contributed by atoms with E-state index in [1.54, 1.807) is 31.3 Å². The highest BCUT2D eigenvalue weighted by molar-refractivity contribution is 5.86. The Kier molecular flexibility index (Phi) is 3.33. The summed E-state index contributed by atoms with van der Waals surface area (Å²) in [5, 5.41) is 18.4. The quantitative estimate of drug-likeness (QED) is 0.866. The van der Waals surface area contributed by atoms with Crippen molar-refractivity contribution < 1.29 is 15.0 Å². The first kappa shape index (κ1) is 12.8. The molecule has 0 aliphatic heterocycles. The molecule has 1 atom stereocenters. The third-order valence-corrected chi connectivity index (χ3v) is 2.78. The number of nitrogens with zero attached hydrogens (tertiary/aromatic N) is 2. The summed E-state index contributed by atoms with van der Waals surface area (Å²) in [5.74, 6) is -1.65. The van der Waals surface area contributed by atoms with E-state index in [-0.39, 0.29) is 11.4 Å². The lowest BCUT2D eigenvalue weighted by Crippen LogP contribution is -2.28. The predicted molar refractivity (Wildman–Crippen MR) is 67.4 cm³/mol. The number of hydrogen-bond donors (Lipinski definition) is 2. The number of carboxylic acid groups (broad SMARTS) is 1. The number of aromatic nitrogens is 2. The Morgan fingerprint density at radius 3 is 2.68 bits per heavy atom. The third kappa shape index (κ3) is 2.47. The van der Waals surface area contributed by atoms with Gasteiger partial charge in [0.1, 0.15) is 11.4 Å². The molecular weight excluding hydrogens is 248 g/mol. The lowest BCUT2D eigenvalue weighted by atomic mass is 10.2. The van der Waals surface area contributed by atoms with Gasteiger partial charge >= 0.3 is 5.97 Å². The van der Waals surface area contributed by atoms with Crippen LogP contribution in [0.1, 0.15) is 29.1 Å². The van der Waals surface area contributed by atoms with Gasteiger partial charge in [0.25, 0.3) is 5.56 Å². The van der Waals surface area contributed by atoms with Crippen LogP contribution in [0.3, 0.4) is 0 Å². The molecule has 0 saturated heterocycles. The highest BCUT2D eigenvalue weighted by atomic mass is 16.4. The summed E-state index contributed by atoms with van der Waals surface area (Å²) < 4.78 is 1.09. The summed E-state index contributed by atoms with van der Waals surface area (Å²) in [7, 11) is 0. The molecule has 0 aliphatic rings. The van der Waals surface area contributed by atoms with Crippen molar-refractivity contribution in [2.75, 3.05) is 0 Å². The standard InChI is InChI=1S/C13H12N2O4/c1-8(10-4-2-3-5-14-10)15-11(13(18)19)6-9(16)7-12(15)17/h2-8,16H,1H3,(H,18,19). The van der Waals surface area contributed by atoms with Crippen molar-refractivity contribution >= 4 is 5.97 Å². The normalized spacial score (nSPS) is 12.1. The first-order valence-electron chi connectivity index (χ1n) is 5.60. The van der Waals surface area contributed by atoms with E-state index in [1.807, 2.05) is 0 Å². The van der Waals surface area contributed by atoms with Gasteiger partial charge < -0.3 is 10.2 Å². The minimum absolute atomic E-state index is 0.275. The van der Waals surface area contributed by atoms with Gasteiger partial charge in [0, 0.05) is 18.3 Å². The summed E-state index contributed by atoms with van der Waals surface area (Å²) in [6, 6.07) is 6.67. The number of rotatable bonds is 3. The van der Waals surface area contributed by atoms with Gasteiger partial charge in [-0.25, -0.2) is 4.79 Å². The predicted octanol–water partition coefficient (Wildman–Crippen LogP) is 1.26.